The Kier molecular flexibility index (Phi) is 38.7. The van der Waals surface area contributed by atoms with Crippen LogP contribution in [0.1, 0.15) is 404 Å². The molecule has 22 unspecified atom stereocenters. The van der Waals surface area contributed by atoms with E-state index in [2.05, 4.69) is 31.2 Å². The maximum Gasteiger partial charge on any atom is 0.313 e. The highest BCUT2D eigenvalue weighted by Crippen LogP contribution is 2.70. The number of esters is 7. The molecule has 141 heavy (non-hydrogen) atoms. The molecule has 22 atom stereocenters. The van der Waals surface area contributed by atoms with Crippen LogP contribution in [-0.4, -0.2) is 91.9 Å². The molecule has 18 rings (SSSR count). The lowest BCUT2D eigenvalue weighted by molar-refractivity contribution is -0.224. The first kappa shape index (κ1) is 115. The molecular formula is C123H190O18. The number of rotatable bonds is 34. The quantitative estimate of drug-likeness (QED) is 0.0184. The van der Waals surface area contributed by atoms with Crippen LogP contribution in [0.25, 0.3) is 10.8 Å². The van der Waals surface area contributed by atoms with Crippen LogP contribution in [0.2, 0.25) is 0 Å². The van der Waals surface area contributed by atoms with Crippen LogP contribution in [0.15, 0.2) is 103 Å². The SMILES string of the molecule is CCC(C)(C)C(=O)OC(C)(C)c1ccccc1.CCC(C)(C)C(=O)OC(C)(CC)c1cccc2ccccc12.CCC(C)(C)C(=O)OC(C)(CC)c1ccccc1.CCC(C)(C)C(=O)OC(C)OC1C2CC3CC(C2)CC1C3.CCC(C)(C)C(=O)OC(C)OC1CC2CC1C1C3CCC(C3)C21.CCC(C)(C)C(=O)OC(C)OC1CC2CCC1C2.CCC(C)(C)C(=O)OCOC1CC2CC1C1C3CCC(C3)C21. The predicted octanol–water partition coefficient (Wildman–Crippen LogP) is 29.7. The zero-order valence-corrected chi connectivity index (χ0v) is 93.1. The summed E-state index contributed by atoms with van der Waals surface area (Å²) in [5.74, 6) is 15.1. The third kappa shape index (κ3) is 27.4. The summed E-state index contributed by atoms with van der Waals surface area (Å²) in [5.41, 5.74) is -1.52. The molecule has 14 saturated carbocycles. The molecule has 14 fully saturated rings. The van der Waals surface area contributed by atoms with Gasteiger partial charge in [-0.3, -0.25) is 33.6 Å². The normalized spacial score (nSPS) is 30.1. The van der Waals surface area contributed by atoms with Gasteiger partial charge in [0.05, 0.1) is 62.3 Å². The first-order chi connectivity index (χ1) is 66.2. The average molecular weight is 1960 g/mol. The number of fused-ring (bicyclic) bond motifs is 21. The average Bonchev–Trinajstić information content (AvgIpc) is 1.55. The van der Waals surface area contributed by atoms with Gasteiger partial charge >= 0.3 is 41.8 Å². The van der Waals surface area contributed by atoms with Crippen LogP contribution in [0.4, 0.5) is 0 Å². The number of carbonyl (C=O) groups excluding carboxylic acids is 7. The van der Waals surface area contributed by atoms with Gasteiger partial charge in [0.25, 0.3) is 0 Å². The van der Waals surface area contributed by atoms with E-state index in [9.17, 15) is 33.6 Å². The van der Waals surface area contributed by atoms with Crippen LogP contribution in [0.5, 0.6) is 0 Å². The molecule has 0 aromatic heterocycles. The molecule has 790 valence electrons. The molecule has 14 aliphatic carbocycles. The van der Waals surface area contributed by atoms with E-state index in [4.69, 9.17) is 52.1 Å². The Morgan fingerprint density at radius 2 is 0.652 bits per heavy atom. The molecule has 18 heteroatoms. The summed E-state index contributed by atoms with van der Waals surface area (Å²) in [6.07, 6.45) is 33.0. The van der Waals surface area contributed by atoms with Gasteiger partial charge in [-0.15, -0.1) is 0 Å². The van der Waals surface area contributed by atoms with Crippen LogP contribution in [0.3, 0.4) is 0 Å². The Hall–Kier alpha value is -6.73. The molecule has 18 nitrogen and oxygen atoms in total. The standard InChI is InChI=1S/C20H32O3.C20H26O2.C19H30O3.C18H30O3.C16H24O2.C15H26O3.C15H22O2/c1-5-20(3,4)19(21)23-11(2)22-16-10-14-9-15(16)18-13-7-6-12(8-13)17(14)18;1-6-19(3,4)18(21)22-20(5,7-2)17-14-10-12-15-11-8-9-13-16(15)17;1-4-19(2,3)18(20)22-10-21-15-9-13-8-14(15)17-12-6-5-11(7-12)16(13)17;1-5-18(3,4)17(19)21-11(2)20-16-14-7-12-6-13(9-14)10-15(16)8-12;1-6-15(3,4)14(17)18-16(5,7-2)13-11-9-8-10-12-13;1-5-15(3,4)14(16)18-10(2)17-13-9-11-6-7-12(13)8-11;1-6-14(2,3)13(16)17-15(4,5)12-10-8-7-9-11-12/h11-18H,5-10H2,1-4H3;8-14H,6-7H2,1-5H3;11-17H,4-10H2,1-3H3;11-16H,5-10H2,1-4H3;8-12H,6-7H2,1-5H3;10-13H,5-9H2,1-4H3;7-11H,6H2,1-5H3. The van der Waals surface area contributed by atoms with Gasteiger partial charge in [-0.2, -0.15) is 0 Å². The first-order valence-electron chi connectivity index (χ1n) is 55.9. The monoisotopic (exact) mass is 1960 g/mol. The van der Waals surface area contributed by atoms with E-state index in [1.54, 1.807) is 0 Å². The Bertz CT molecular complexity index is 4700. The number of benzene rings is 4. The van der Waals surface area contributed by atoms with Crippen molar-refractivity contribution in [1.29, 1.82) is 0 Å². The maximum atomic E-state index is 12.6. The number of hydrogen-bond donors (Lipinski definition) is 0. The molecule has 0 saturated heterocycles. The van der Waals surface area contributed by atoms with Gasteiger partial charge in [-0.05, 0) is 454 Å². The van der Waals surface area contributed by atoms with Crippen molar-refractivity contribution in [2.75, 3.05) is 6.79 Å². The van der Waals surface area contributed by atoms with Crippen LogP contribution < -0.4 is 0 Å². The molecule has 0 N–H and O–H groups in total. The summed E-state index contributed by atoms with van der Waals surface area (Å²) in [7, 11) is 0. The highest BCUT2D eigenvalue weighted by molar-refractivity contribution is 5.87. The van der Waals surface area contributed by atoms with Crippen molar-refractivity contribution in [2.24, 2.45) is 144 Å². The molecule has 14 bridgehead atoms. The summed E-state index contributed by atoms with van der Waals surface area (Å²) in [4.78, 5) is 85.2. The summed E-state index contributed by atoms with van der Waals surface area (Å²) >= 11 is 0. The maximum absolute atomic E-state index is 12.6. The molecule has 0 heterocycles. The van der Waals surface area contributed by atoms with Gasteiger partial charge in [0.15, 0.2) is 25.7 Å². The minimum atomic E-state index is -0.607. The van der Waals surface area contributed by atoms with E-state index in [0.29, 0.717) is 42.2 Å². The Morgan fingerprint density at radius 3 is 1.09 bits per heavy atom. The van der Waals surface area contributed by atoms with E-state index in [1.165, 1.54) is 121 Å². The largest absolute Gasteiger partial charge is 0.454 e. The van der Waals surface area contributed by atoms with Crippen LogP contribution in [-0.2, 0) is 102 Å². The molecule has 0 amide bonds. The summed E-state index contributed by atoms with van der Waals surface area (Å²) < 4.78 is 63.7. The fraction of sp³-hybridized carbons (Fsp3) is 0.764. The van der Waals surface area contributed by atoms with Crippen molar-refractivity contribution < 1.29 is 85.7 Å². The minimum absolute atomic E-state index is 0.127. The number of carbonyl (C=O) groups is 7. The van der Waals surface area contributed by atoms with Gasteiger partial charge in [-0.1, -0.05) is 165 Å². The minimum Gasteiger partial charge on any atom is -0.454 e. The van der Waals surface area contributed by atoms with E-state index in [1.807, 2.05) is 280 Å². The fourth-order valence-corrected chi connectivity index (χ4v) is 26.0. The van der Waals surface area contributed by atoms with E-state index >= 15 is 0 Å². The van der Waals surface area contributed by atoms with Crippen molar-refractivity contribution in [3.8, 4) is 0 Å². The molecule has 0 spiro atoms. The zero-order chi connectivity index (χ0) is 104. The smallest absolute Gasteiger partial charge is 0.313 e. The van der Waals surface area contributed by atoms with Crippen molar-refractivity contribution in [2.45, 2.75) is 448 Å². The second-order valence-corrected chi connectivity index (χ2v) is 50.8. The van der Waals surface area contributed by atoms with E-state index < -0.39 is 73.6 Å². The number of ether oxygens (including phenoxy) is 11. The van der Waals surface area contributed by atoms with Gasteiger partial charge < -0.3 is 52.1 Å². The van der Waals surface area contributed by atoms with E-state index in [0.717, 1.165) is 175 Å². The second-order valence-electron chi connectivity index (χ2n) is 50.8. The third-order valence-electron chi connectivity index (χ3n) is 38.1. The predicted molar refractivity (Wildman–Crippen MR) is 560 cm³/mol. The highest BCUT2D eigenvalue weighted by Gasteiger charge is 2.65. The Labute approximate surface area is 851 Å². The summed E-state index contributed by atoms with van der Waals surface area (Å²) in [6.45, 7) is 58.8. The van der Waals surface area contributed by atoms with Gasteiger partial charge in [0, 0.05) is 5.56 Å². The molecule has 4 aromatic rings. The van der Waals surface area contributed by atoms with Crippen molar-refractivity contribution >= 4 is 52.6 Å². The van der Waals surface area contributed by atoms with E-state index in [-0.39, 0.29) is 48.6 Å². The van der Waals surface area contributed by atoms with Crippen LogP contribution >= 0.6 is 0 Å². The topological polar surface area (TPSA) is 221 Å². The molecule has 4 aromatic carbocycles. The first-order valence-corrected chi connectivity index (χ1v) is 55.9. The molecule has 0 radical (unpaired) electrons. The molecule has 0 aliphatic heterocycles. The third-order valence-corrected chi connectivity index (χ3v) is 38.1. The Morgan fingerprint density at radius 1 is 0.291 bits per heavy atom. The zero-order valence-electron chi connectivity index (χ0n) is 93.1. The second kappa shape index (κ2) is 47.6. The number of hydrogen-bond acceptors (Lipinski definition) is 18. The molecule has 14 aliphatic rings. The summed E-state index contributed by atoms with van der Waals surface area (Å²) in [6, 6.07) is 34.2. The van der Waals surface area contributed by atoms with Crippen molar-refractivity contribution in [1.82, 2.24) is 0 Å². The van der Waals surface area contributed by atoms with Gasteiger partial charge in [0.1, 0.15) is 16.8 Å². The fourth-order valence-electron chi connectivity index (χ4n) is 26.0. The van der Waals surface area contributed by atoms with Gasteiger partial charge in [-0.25, -0.2) is 0 Å². The molecular weight excluding hydrogens is 1770 g/mol. The Balaban J connectivity index is 0.000000158. The lowest BCUT2D eigenvalue weighted by atomic mass is 9.55. The summed E-state index contributed by atoms with van der Waals surface area (Å²) in [5, 5.41) is 2.32. The highest BCUT2D eigenvalue weighted by atomic mass is 16.7. The van der Waals surface area contributed by atoms with Crippen molar-refractivity contribution in [3.63, 3.8) is 0 Å². The van der Waals surface area contributed by atoms with Gasteiger partial charge in [0.2, 0.25) is 0 Å². The lowest BCUT2D eigenvalue weighted by Gasteiger charge is -2.54. The van der Waals surface area contributed by atoms with Crippen LogP contribution in [0, 0.1) is 144 Å². The lowest BCUT2D eigenvalue weighted by Crippen LogP contribution is -2.50. The van der Waals surface area contributed by atoms with Crippen molar-refractivity contribution in [3.05, 3.63) is 120 Å².